The highest BCUT2D eigenvalue weighted by atomic mass is 31.2. The van der Waals surface area contributed by atoms with Crippen LogP contribution in [0.3, 0.4) is 0 Å². The van der Waals surface area contributed by atoms with E-state index in [9.17, 15) is 14.2 Å². The maximum absolute atomic E-state index is 12.3. The van der Waals surface area contributed by atoms with Crippen LogP contribution in [0.15, 0.2) is 48.6 Å². The number of carbonyl (C=O) groups excluding carboxylic acids is 2. The third-order valence-electron chi connectivity index (χ3n) is 7.71. The summed E-state index contributed by atoms with van der Waals surface area (Å²) in [6, 6.07) is 0. The Kier molecular flexibility index (Phi) is 32.5. The summed E-state index contributed by atoms with van der Waals surface area (Å²) < 4.78 is 26.2. The number of esters is 2. The lowest BCUT2D eigenvalue weighted by molar-refractivity contribution is -0.161. The molecule has 0 aromatic rings. The number of hydrogen-bond donors (Lipinski definition) is 2. The molecule has 0 rings (SSSR count). The normalized spacial score (nSPS) is 13.0. The number of phosphoric ester groups is 1. The molecule has 0 bridgehead atoms. The third kappa shape index (κ3) is 36.7. The molecule has 0 radical (unpaired) electrons. The molecule has 0 saturated carbocycles. The molecule has 0 aliphatic rings. The zero-order valence-corrected chi connectivity index (χ0v) is 30.6. The lowest BCUT2D eigenvalue weighted by atomic mass is 10.0. The monoisotopic (exact) mass is 682 g/mol. The molecule has 0 spiro atoms. The van der Waals surface area contributed by atoms with Crippen LogP contribution in [-0.4, -0.2) is 41.0 Å². The van der Waals surface area contributed by atoms with E-state index in [1.807, 2.05) is 36.5 Å². The van der Waals surface area contributed by atoms with Crippen molar-refractivity contribution in [2.75, 3.05) is 13.2 Å². The quantitative estimate of drug-likeness (QED) is 0.0304. The first-order valence-corrected chi connectivity index (χ1v) is 20.0. The Balaban J connectivity index is 4.01. The second kappa shape index (κ2) is 33.9. The molecule has 1 atom stereocenters. The predicted octanol–water partition coefficient (Wildman–Crippen LogP) is 10.8. The van der Waals surface area contributed by atoms with E-state index in [-0.39, 0.29) is 19.4 Å². The highest BCUT2D eigenvalue weighted by molar-refractivity contribution is 7.46. The van der Waals surface area contributed by atoms with Crippen LogP contribution in [0.2, 0.25) is 0 Å². The van der Waals surface area contributed by atoms with Crippen molar-refractivity contribution in [3.8, 4) is 0 Å². The minimum Gasteiger partial charge on any atom is -0.462 e. The number of rotatable bonds is 33. The van der Waals surface area contributed by atoms with Gasteiger partial charge in [-0.05, 0) is 32.1 Å². The summed E-state index contributed by atoms with van der Waals surface area (Å²) in [6.07, 6.45) is 39.8. The average molecular weight is 683 g/mol. The van der Waals surface area contributed by atoms with E-state index in [1.54, 1.807) is 0 Å². The summed E-state index contributed by atoms with van der Waals surface area (Å²) >= 11 is 0. The second-order valence-corrected chi connectivity index (χ2v) is 13.5. The molecule has 0 fully saturated rings. The molecule has 0 heterocycles. The van der Waals surface area contributed by atoms with E-state index >= 15 is 0 Å². The highest BCUT2D eigenvalue weighted by Gasteiger charge is 2.22. The number of hydrogen-bond acceptors (Lipinski definition) is 6. The van der Waals surface area contributed by atoms with Gasteiger partial charge in [0.05, 0.1) is 6.61 Å². The van der Waals surface area contributed by atoms with Crippen molar-refractivity contribution in [2.45, 2.75) is 168 Å². The molecule has 0 aliphatic carbocycles. The van der Waals surface area contributed by atoms with E-state index in [0.717, 1.165) is 44.9 Å². The molecule has 9 heteroatoms. The minimum atomic E-state index is -4.76. The Morgan fingerprint density at radius 1 is 0.574 bits per heavy atom. The van der Waals surface area contributed by atoms with Gasteiger partial charge in [0.15, 0.2) is 6.10 Å². The van der Waals surface area contributed by atoms with Gasteiger partial charge in [-0.1, -0.05) is 165 Å². The number of phosphoric acid groups is 1. The van der Waals surface area contributed by atoms with Gasteiger partial charge in [-0.3, -0.25) is 14.1 Å². The first-order chi connectivity index (χ1) is 22.8. The van der Waals surface area contributed by atoms with Gasteiger partial charge in [0.2, 0.25) is 0 Å². The zero-order valence-electron chi connectivity index (χ0n) is 29.7. The first kappa shape index (κ1) is 45.0. The predicted molar refractivity (Wildman–Crippen MR) is 193 cm³/mol. The summed E-state index contributed by atoms with van der Waals surface area (Å²) in [7, 11) is -4.76. The summed E-state index contributed by atoms with van der Waals surface area (Å²) in [4.78, 5) is 42.6. The molecule has 0 aromatic heterocycles. The Labute approximate surface area is 286 Å². The minimum absolute atomic E-state index is 0.166. The second-order valence-electron chi connectivity index (χ2n) is 12.3. The van der Waals surface area contributed by atoms with Crippen molar-refractivity contribution < 1.29 is 37.9 Å². The van der Waals surface area contributed by atoms with Crippen molar-refractivity contribution in [1.82, 2.24) is 0 Å². The topological polar surface area (TPSA) is 119 Å². The van der Waals surface area contributed by atoms with Crippen LogP contribution in [0.1, 0.15) is 162 Å². The van der Waals surface area contributed by atoms with Gasteiger partial charge >= 0.3 is 19.8 Å². The summed E-state index contributed by atoms with van der Waals surface area (Å²) in [5.74, 6) is -0.930. The van der Waals surface area contributed by atoms with Crippen molar-refractivity contribution >= 4 is 19.8 Å². The highest BCUT2D eigenvalue weighted by Crippen LogP contribution is 2.36. The lowest BCUT2D eigenvalue weighted by Crippen LogP contribution is -2.29. The number of carbonyl (C=O) groups is 2. The average Bonchev–Trinajstić information content (AvgIpc) is 3.03. The lowest BCUT2D eigenvalue weighted by Gasteiger charge is -2.18. The van der Waals surface area contributed by atoms with Gasteiger partial charge in [0, 0.05) is 12.8 Å². The van der Waals surface area contributed by atoms with Crippen LogP contribution < -0.4 is 0 Å². The van der Waals surface area contributed by atoms with Crippen LogP contribution in [-0.2, 0) is 28.2 Å². The van der Waals surface area contributed by atoms with Crippen LogP contribution in [0.25, 0.3) is 0 Å². The van der Waals surface area contributed by atoms with Crippen molar-refractivity contribution in [3.63, 3.8) is 0 Å². The van der Waals surface area contributed by atoms with E-state index < -0.39 is 32.5 Å². The van der Waals surface area contributed by atoms with Gasteiger partial charge in [-0.25, -0.2) is 4.57 Å². The molecular formula is C38H67O8P. The molecule has 0 aliphatic heterocycles. The number of allylic oxidation sites excluding steroid dienone is 8. The first-order valence-electron chi connectivity index (χ1n) is 18.5. The maximum Gasteiger partial charge on any atom is 0.469 e. The maximum atomic E-state index is 12.3. The van der Waals surface area contributed by atoms with Crippen LogP contribution >= 0.6 is 7.82 Å². The number of unbranched alkanes of at least 4 members (excludes halogenated alkanes) is 18. The Hall–Kier alpha value is -1.99. The molecule has 0 saturated heterocycles. The standard InChI is InChI=1S/C38H67O8P/c1-3-5-7-9-11-13-15-17-18-19-21-22-24-26-28-30-32-37(39)44-34-36(35-45-47(41,42)43)46-38(40)33-31-29-27-25-23-20-16-14-12-10-8-6-4-2/h6,8,10,12,14,16,20,23,36H,3-5,7,9,11,13,15,17-19,21-22,24-35H2,1-2H3,(H2,41,42,43)/b8-6+,12-10+,16-14+,23-20+. The molecule has 2 N–H and O–H groups in total. The summed E-state index contributed by atoms with van der Waals surface area (Å²) in [5.41, 5.74) is 0. The number of ether oxygens (including phenoxy) is 2. The molecule has 1 unspecified atom stereocenters. The summed E-state index contributed by atoms with van der Waals surface area (Å²) in [5, 5.41) is 0. The molecule has 8 nitrogen and oxygen atoms in total. The molecule has 0 amide bonds. The van der Waals surface area contributed by atoms with Gasteiger partial charge in [-0.15, -0.1) is 0 Å². The fourth-order valence-corrected chi connectivity index (χ4v) is 5.33. The summed E-state index contributed by atoms with van der Waals surface area (Å²) in [6.45, 7) is 3.50. The molecule has 0 aromatic carbocycles. The smallest absolute Gasteiger partial charge is 0.462 e. The van der Waals surface area contributed by atoms with Gasteiger partial charge in [0.25, 0.3) is 0 Å². The van der Waals surface area contributed by atoms with Gasteiger partial charge in [0.1, 0.15) is 6.61 Å². The fourth-order valence-electron chi connectivity index (χ4n) is 4.97. The largest absolute Gasteiger partial charge is 0.469 e. The van der Waals surface area contributed by atoms with E-state index in [4.69, 9.17) is 19.3 Å². The zero-order chi connectivity index (χ0) is 34.7. The Morgan fingerprint density at radius 2 is 1.02 bits per heavy atom. The van der Waals surface area contributed by atoms with Crippen molar-refractivity contribution in [2.24, 2.45) is 0 Å². The van der Waals surface area contributed by atoms with Crippen LogP contribution in [0, 0.1) is 0 Å². The molecular weight excluding hydrogens is 615 g/mol. The van der Waals surface area contributed by atoms with Crippen LogP contribution in [0.4, 0.5) is 0 Å². The molecule has 272 valence electrons. The van der Waals surface area contributed by atoms with Crippen molar-refractivity contribution in [3.05, 3.63) is 48.6 Å². The fraction of sp³-hybridized carbons (Fsp3) is 0.737. The Morgan fingerprint density at radius 3 is 1.53 bits per heavy atom. The van der Waals surface area contributed by atoms with E-state index in [2.05, 4.69) is 30.5 Å². The SMILES string of the molecule is CC/C=C/C=C/C=C/C=C/CCCCCC(=O)OC(COC(=O)CCCCCCCCCCCCCCCCCC)COP(=O)(O)O. The Bertz CT molecular complexity index is 905. The van der Waals surface area contributed by atoms with Crippen LogP contribution in [0.5, 0.6) is 0 Å². The van der Waals surface area contributed by atoms with E-state index in [0.29, 0.717) is 6.42 Å². The van der Waals surface area contributed by atoms with Crippen molar-refractivity contribution in [1.29, 1.82) is 0 Å². The van der Waals surface area contributed by atoms with Gasteiger partial charge in [-0.2, -0.15) is 0 Å². The van der Waals surface area contributed by atoms with E-state index in [1.165, 1.54) is 83.5 Å². The third-order valence-corrected chi connectivity index (χ3v) is 8.19. The molecule has 47 heavy (non-hydrogen) atoms. The van der Waals surface area contributed by atoms with Gasteiger partial charge < -0.3 is 19.3 Å².